The van der Waals surface area contributed by atoms with Crippen molar-refractivity contribution in [3.05, 3.63) is 314 Å². The number of hydrogen-bond acceptors (Lipinski definition) is 8. The number of unbranched alkanes of at least 4 members (excludes halogenated alkanes) is 12. The molecule has 0 radical (unpaired) electrons. The van der Waals surface area contributed by atoms with Gasteiger partial charge in [0.05, 0.1) is 45.5 Å². The van der Waals surface area contributed by atoms with E-state index >= 15 is 0 Å². The van der Waals surface area contributed by atoms with Gasteiger partial charge in [0, 0.05) is 73.5 Å². The maximum atomic E-state index is 14.7. The highest BCUT2D eigenvalue weighted by molar-refractivity contribution is 7.31. The standard InChI is InChI=1S/C94H82N4O2S4/c1-7-11-15-19-27-59-35-43-63(44-36-59)93(64-45-37-60(38-46-64)28-20-16-12-8-2)77-55-74-78(56-73(77)89-85(93)91-81(103-89)53-67(101-91)51-75-83(79(57-95)97-5)69-31-23-25-33-71(69)87(75)99)94(65-47-39-61(40-48-65)29-21-17-13-9-3,66-49-41-62(42-50-66)30-22-18-14-10-4)86-90(74)104-82-54-68(102-92(82)86)52-76-84(80(58-96)98-6)70-32-24-26-34-72(70)88(76)100/h23-26,31-56H,7-22,27-30H2,1-4H3/b75-51-,76-52-,83-79+,84-80?. The van der Waals surface area contributed by atoms with Gasteiger partial charge in [0.25, 0.3) is 11.4 Å². The van der Waals surface area contributed by atoms with Crippen LogP contribution in [0.25, 0.3) is 72.7 Å². The van der Waals surface area contributed by atoms with E-state index in [0.29, 0.717) is 44.5 Å². The van der Waals surface area contributed by atoms with Crippen LogP contribution in [0.2, 0.25) is 0 Å². The molecule has 514 valence electrons. The highest BCUT2D eigenvalue weighted by Crippen LogP contribution is 2.68. The second-order valence-corrected chi connectivity index (χ2v) is 32.8. The first-order valence-electron chi connectivity index (χ1n) is 37.5. The molecule has 10 heteroatoms. The molecule has 0 saturated carbocycles. The first-order chi connectivity index (χ1) is 51.1. The molecule has 0 N–H and O–H groups in total. The zero-order valence-electron chi connectivity index (χ0n) is 59.7. The lowest BCUT2D eigenvalue weighted by Gasteiger charge is -2.36. The third kappa shape index (κ3) is 12.0. The van der Waals surface area contributed by atoms with Crippen LogP contribution in [-0.4, -0.2) is 11.6 Å². The summed E-state index contributed by atoms with van der Waals surface area (Å²) in [6.07, 6.45) is 26.8. The molecule has 4 aliphatic rings. The topological polar surface area (TPSA) is 90.4 Å². The largest absolute Gasteiger partial charge is 0.289 e. The summed E-state index contributed by atoms with van der Waals surface area (Å²) in [7, 11) is 0. The van der Waals surface area contributed by atoms with Crippen molar-refractivity contribution >= 4 is 99.0 Å². The molecule has 0 bridgehead atoms. The monoisotopic (exact) mass is 1430 g/mol. The summed E-state index contributed by atoms with van der Waals surface area (Å²) >= 11 is 7.04. The van der Waals surface area contributed by atoms with Crippen LogP contribution < -0.4 is 0 Å². The molecule has 4 heterocycles. The summed E-state index contributed by atoms with van der Waals surface area (Å²) in [6, 6.07) is 67.1. The number of nitriles is 2. The van der Waals surface area contributed by atoms with Gasteiger partial charge < -0.3 is 0 Å². The number of Topliss-reactive ketones (excluding diaryl/α,β-unsaturated/α-hetero) is 2. The van der Waals surface area contributed by atoms with Crippen LogP contribution in [0.1, 0.15) is 239 Å². The maximum Gasteiger partial charge on any atom is 0.270 e. The van der Waals surface area contributed by atoms with E-state index in [1.54, 1.807) is 34.8 Å². The molecule has 4 aromatic heterocycles. The fourth-order valence-corrected chi connectivity index (χ4v) is 22.5. The summed E-state index contributed by atoms with van der Waals surface area (Å²) in [5, 5.41) is 20.9. The van der Waals surface area contributed by atoms with Crippen molar-refractivity contribution in [2.24, 2.45) is 0 Å². The Labute approximate surface area is 628 Å². The van der Waals surface area contributed by atoms with Crippen molar-refractivity contribution < 1.29 is 9.59 Å². The Bertz CT molecular complexity index is 5030. The van der Waals surface area contributed by atoms with Gasteiger partial charge in [-0.25, -0.2) is 20.2 Å². The molecule has 0 atom stereocenters. The number of nitrogens with zero attached hydrogens (tertiary/aromatic N) is 4. The Hall–Kier alpha value is -9.88. The third-order valence-electron chi connectivity index (χ3n) is 22.2. The molecule has 0 unspecified atom stereocenters. The summed E-state index contributed by atoms with van der Waals surface area (Å²) in [6.45, 7) is 25.4. The lowest BCUT2D eigenvalue weighted by molar-refractivity contribution is 0.103. The molecule has 0 fully saturated rings. The van der Waals surface area contributed by atoms with Crippen molar-refractivity contribution in [2.45, 2.75) is 167 Å². The van der Waals surface area contributed by atoms with Crippen LogP contribution in [0.4, 0.5) is 0 Å². The molecule has 0 spiro atoms. The normalized spacial score (nSPS) is 15.9. The van der Waals surface area contributed by atoms with Gasteiger partial charge >= 0.3 is 0 Å². The summed E-state index contributed by atoms with van der Waals surface area (Å²) < 4.78 is 4.51. The number of hydrogen-bond donors (Lipinski definition) is 0. The van der Waals surface area contributed by atoms with Gasteiger partial charge in [-0.05, 0) is 166 Å². The molecular formula is C94H82N4O2S4. The van der Waals surface area contributed by atoms with Crippen LogP contribution in [0.15, 0.2) is 192 Å². The Balaban J connectivity index is 1.01. The van der Waals surface area contributed by atoms with Crippen molar-refractivity contribution in [3.8, 4) is 33.0 Å². The van der Waals surface area contributed by atoms with E-state index < -0.39 is 10.8 Å². The van der Waals surface area contributed by atoms with Crippen LogP contribution in [0.3, 0.4) is 0 Å². The number of rotatable bonds is 26. The van der Waals surface area contributed by atoms with Gasteiger partial charge in [-0.1, -0.05) is 250 Å². The van der Waals surface area contributed by atoms with Crippen molar-refractivity contribution in [2.75, 3.05) is 0 Å². The molecule has 6 nitrogen and oxygen atoms in total. The predicted molar refractivity (Wildman–Crippen MR) is 435 cm³/mol. The average Bonchev–Trinajstić information content (AvgIpc) is 1.49. The maximum absolute atomic E-state index is 14.7. The number of carbonyl (C=O) groups is 2. The number of fused-ring (bicyclic) bond motifs is 12. The molecule has 11 aromatic rings. The van der Waals surface area contributed by atoms with E-state index in [1.807, 2.05) is 71.2 Å². The minimum absolute atomic E-state index is 0.0933. The van der Waals surface area contributed by atoms with Gasteiger partial charge in [-0.15, -0.1) is 45.3 Å². The molecule has 15 rings (SSSR count). The fraction of sp³-hybridized carbons (Fsp3) is 0.277. The van der Waals surface area contributed by atoms with E-state index in [2.05, 4.69) is 171 Å². The number of allylic oxidation sites excluding steroid dienone is 6. The van der Waals surface area contributed by atoms with Crippen molar-refractivity contribution in [3.63, 3.8) is 0 Å². The van der Waals surface area contributed by atoms with Crippen molar-refractivity contribution in [1.82, 2.24) is 0 Å². The fourth-order valence-electron chi connectivity index (χ4n) is 17.1. The summed E-state index contributed by atoms with van der Waals surface area (Å²) in [5.74, 6) is -0.371. The summed E-state index contributed by atoms with van der Waals surface area (Å²) in [5.41, 5.74) is 19.3. The van der Waals surface area contributed by atoms with E-state index in [0.717, 1.165) is 79.9 Å². The van der Waals surface area contributed by atoms with E-state index in [9.17, 15) is 20.1 Å². The number of aryl methyl sites for hydroxylation is 4. The molecule has 0 amide bonds. The predicted octanol–water partition coefficient (Wildman–Crippen LogP) is 26.3. The van der Waals surface area contributed by atoms with Crippen LogP contribution >= 0.6 is 45.3 Å². The lowest BCUT2D eigenvalue weighted by Crippen LogP contribution is -2.30. The Kier molecular flexibility index (Phi) is 20.2. The van der Waals surface area contributed by atoms with Gasteiger partial charge in [0.2, 0.25) is 0 Å². The first kappa shape index (κ1) is 69.8. The Morgan fingerprint density at radius 1 is 0.394 bits per heavy atom. The molecule has 0 aliphatic heterocycles. The van der Waals surface area contributed by atoms with Crippen LogP contribution in [-0.2, 0) is 36.5 Å². The number of ketones is 2. The molecule has 104 heavy (non-hydrogen) atoms. The highest BCUT2D eigenvalue weighted by atomic mass is 32.1. The second-order valence-electron chi connectivity index (χ2n) is 28.5. The molecular weight excluding hydrogens is 1350 g/mol. The average molecular weight is 1430 g/mol. The first-order valence-corrected chi connectivity index (χ1v) is 40.8. The quantitative estimate of drug-likeness (QED) is 0.0234. The van der Waals surface area contributed by atoms with E-state index in [1.165, 1.54) is 165 Å². The third-order valence-corrected chi connectivity index (χ3v) is 27.0. The van der Waals surface area contributed by atoms with Crippen molar-refractivity contribution in [1.29, 1.82) is 10.5 Å². The van der Waals surface area contributed by atoms with Gasteiger partial charge in [-0.3, -0.25) is 9.59 Å². The SMILES string of the molecule is [C-]#[N+]C(C#N)=C1/C(=C/c2cc3sc4c(c3s2)C(c2ccc(CCCCCC)cc2)(c2ccc(CCCCCC)cc2)c2cc3c(cc2-4)C(c2ccc(CCCCCC)cc2)(c2ccc(CCCCCC)cc2)c2c-3sc3cc(/C=C4\C(=O)c5ccccc5\C4=C(\C#N)[N+]#[C-])sc23)C(=O)c2ccccc21. The number of benzene rings is 7. The lowest BCUT2D eigenvalue weighted by atomic mass is 9.65. The Morgan fingerprint density at radius 3 is 0.990 bits per heavy atom. The Morgan fingerprint density at radius 2 is 0.702 bits per heavy atom. The van der Waals surface area contributed by atoms with E-state index in [4.69, 9.17) is 13.1 Å². The highest BCUT2D eigenvalue weighted by Gasteiger charge is 2.55. The number of thiophene rings is 4. The zero-order chi connectivity index (χ0) is 71.6. The zero-order valence-corrected chi connectivity index (χ0v) is 63.0. The molecule has 7 aromatic carbocycles. The number of carbonyl (C=O) groups excluding carboxylic acids is 2. The minimum atomic E-state index is -0.834. The van der Waals surface area contributed by atoms with Crippen LogP contribution in [0.5, 0.6) is 0 Å². The summed E-state index contributed by atoms with van der Waals surface area (Å²) in [4.78, 5) is 40.9. The van der Waals surface area contributed by atoms with Gasteiger partial charge in [0.1, 0.15) is 0 Å². The van der Waals surface area contributed by atoms with Crippen LogP contribution in [0, 0.1) is 35.8 Å². The minimum Gasteiger partial charge on any atom is -0.289 e. The second kappa shape index (κ2) is 30.1. The van der Waals surface area contributed by atoms with Gasteiger partial charge in [-0.2, -0.15) is 0 Å². The molecule has 0 saturated heterocycles. The van der Waals surface area contributed by atoms with Gasteiger partial charge in [0.15, 0.2) is 11.6 Å². The molecule has 4 aliphatic carbocycles. The smallest absolute Gasteiger partial charge is 0.270 e. The van der Waals surface area contributed by atoms with E-state index in [-0.39, 0.29) is 23.0 Å².